The summed E-state index contributed by atoms with van der Waals surface area (Å²) in [5.41, 5.74) is 6.34. The highest BCUT2D eigenvalue weighted by Gasteiger charge is 2.48. The molecule has 3 fully saturated rings. The number of allylic oxidation sites excluding steroid dienone is 5. The number of fused-ring (bicyclic) bond motifs is 4. The summed E-state index contributed by atoms with van der Waals surface area (Å²) < 4.78 is 34.0. The SMILES string of the molecule is O=C(O)c1ccc(C(=O)O)c(C2=C3C=CC(=[N+]4CCC4)C=C3[Si]3(CCCCC3)c3cc(N4CCC4)ccc32)c1.O=C([O-])C(F)(F)F. The van der Waals surface area contributed by atoms with Crippen molar-refractivity contribution in [3.05, 3.63) is 87.6 Å². The molecule has 240 valence electrons. The molecule has 5 aliphatic rings. The van der Waals surface area contributed by atoms with Gasteiger partial charge in [0.15, 0.2) is 5.71 Å². The van der Waals surface area contributed by atoms with E-state index in [1.807, 2.05) is 0 Å². The number of halogens is 3. The molecule has 8 nitrogen and oxygen atoms in total. The van der Waals surface area contributed by atoms with E-state index in [-0.39, 0.29) is 11.1 Å². The minimum atomic E-state index is -5.19. The number of carbonyl (C=O) groups excluding carboxylic acids is 1. The smallest absolute Gasteiger partial charge is 0.430 e. The molecule has 1 aliphatic carbocycles. The molecule has 46 heavy (non-hydrogen) atoms. The third-order valence-corrected chi connectivity index (χ3v) is 15.0. The van der Waals surface area contributed by atoms with Crippen LogP contribution >= 0.6 is 0 Å². The van der Waals surface area contributed by atoms with E-state index in [1.165, 1.54) is 78.1 Å². The van der Waals surface area contributed by atoms with E-state index >= 15 is 0 Å². The number of hydrogen-bond donors (Lipinski definition) is 2. The van der Waals surface area contributed by atoms with Gasteiger partial charge in [-0.05, 0) is 87.6 Å². The van der Waals surface area contributed by atoms with Crippen LogP contribution in [-0.4, -0.2) is 78.8 Å². The number of carboxylic acid groups (broad SMARTS) is 3. The Labute approximate surface area is 264 Å². The molecule has 0 atom stereocenters. The van der Waals surface area contributed by atoms with E-state index in [0.717, 1.165) is 42.9 Å². The molecule has 7 rings (SSSR count). The Balaban J connectivity index is 0.000000480. The van der Waals surface area contributed by atoms with E-state index in [2.05, 4.69) is 45.9 Å². The van der Waals surface area contributed by atoms with Crippen molar-refractivity contribution < 1.29 is 47.4 Å². The Hall–Kier alpha value is -4.45. The summed E-state index contributed by atoms with van der Waals surface area (Å²) in [4.78, 5) is 35.7. The fraction of sp³-hybridized carbons (Fsp3) is 0.353. The summed E-state index contributed by atoms with van der Waals surface area (Å²) in [5, 5.41) is 31.6. The van der Waals surface area contributed by atoms with Crippen molar-refractivity contribution in [2.45, 2.75) is 50.4 Å². The molecule has 1 spiro atoms. The summed E-state index contributed by atoms with van der Waals surface area (Å²) in [5.74, 6) is -5.10. The summed E-state index contributed by atoms with van der Waals surface area (Å²) in [6, 6.07) is 13.6. The number of anilines is 1. The van der Waals surface area contributed by atoms with Crippen molar-refractivity contribution in [3.8, 4) is 0 Å². The first kappa shape index (κ1) is 31.5. The van der Waals surface area contributed by atoms with E-state index in [0.29, 0.717) is 5.56 Å². The van der Waals surface area contributed by atoms with Crippen LogP contribution in [0, 0.1) is 0 Å². The number of benzene rings is 2. The number of alkyl halides is 3. The van der Waals surface area contributed by atoms with Gasteiger partial charge in [-0.15, -0.1) is 0 Å². The zero-order valence-corrected chi connectivity index (χ0v) is 26.0. The summed E-state index contributed by atoms with van der Waals surface area (Å²) in [6.07, 6.45) is 7.74. The molecular weight excluding hydrogens is 617 g/mol. The quantitative estimate of drug-likeness (QED) is 0.377. The Bertz CT molecular complexity index is 1760. The predicted molar refractivity (Wildman–Crippen MR) is 166 cm³/mol. The lowest BCUT2D eigenvalue weighted by Gasteiger charge is -2.45. The van der Waals surface area contributed by atoms with Crippen LogP contribution < -0.4 is 15.2 Å². The van der Waals surface area contributed by atoms with Gasteiger partial charge < -0.3 is 25.0 Å². The van der Waals surface area contributed by atoms with Gasteiger partial charge >= 0.3 is 18.1 Å². The average molecular weight is 651 g/mol. The van der Waals surface area contributed by atoms with Crippen molar-refractivity contribution in [2.24, 2.45) is 0 Å². The normalized spacial score (nSPS) is 19.6. The number of nitrogens with zero attached hydrogens (tertiary/aromatic N) is 2. The van der Waals surface area contributed by atoms with Gasteiger partial charge in [0.2, 0.25) is 0 Å². The fourth-order valence-corrected chi connectivity index (χ4v) is 12.8. The third kappa shape index (κ3) is 5.59. The molecule has 0 saturated carbocycles. The summed E-state index contributed by atoms with van der Waals surface area (Å²) >= 11 is 0. The van der Waals surface area contributed by atoms with E-state index in [1.54, 1.807) is 6.07 Å². The molecule has 12 heteroatoms. The molecule has 2 aromatic carbocycles. The third-order valence-electron chi connectivity index (χ3n) is 9.72. The van der Waals surface area contributed by atoms with Crippen LogP contribution in [0.1, 0.15) is 63.9 Å². The predicted octanol–water partition coefficient (Wildman–Crippen LogP) is 4.14. The molecule has 0 unspecified atom stereocenters. The Morgan fingerprint density at radius 2 is 1.54 bits per heavy atom. The number of hydrogen-bond acceptors (Lipinski definition) is 5. The second-order valence-electron chi connectivity index (χ2n) is 12.3. The van der Waals surface area contributed by atoms with Crippen LogP contribution in [0.4, 0.5) is 18.9 Å². The summed E-state index contributed by atoms with van der Waals surface area (Å²) in [7, 11) is -2.14. The van der Waals surface area contributed by atoms with Gasteiger partial charge in [-0.3, -0.25) is 0 Å². The molecule has 4 aliphatic heterocycles. The second kappa shape index (κ2) is 12.0. The number of carboxylic acids is 3. The van der Waals surface area contributed by atoms with Gasteiger partial charge in [-0.25, -0.2) is 14.2 Å². The molecule has 0 aromatic heterocycles. The maximum atomic E-state index is 12.5. The highest BCUT2D eigenvalue weighted by atomic mass is 28.3. The molecule has 2 aromatic rings. The van der Waals surface area contributed by atoms with Crippen LogP contribution in [0.5, 0.6) is 0 Å². The lowest BCUT2D eigenvalue weighted by molar-refractivity contribution is -0.582. The first-order valence-corrected chi connectivity index (χ1v) is 17.9. The molecule has 0 bridgehead atoms. The van der Waals surface area contributed by atoms with Crippen molar-refractivity contribution in [2.75, 3.05) is 31.1 Å². The van der Waals surface area contributed by atoms with Gasteiger partial charge in [0.25, 0.3) is 0 Å². The van der Waals surface area contributed by atoms with Crippen LogP contribution in [-0.2, 0) is 4.79 Å². The molecule has 2 N–H and O–H groups in total. The first-order valence-electron chi connectivity index (χ1n) is 15.5. The molecule has 3 saturated heterocycles. The van der Waals surface area contributed by atoms with Crippen LogP contribution in [0.2, 0.25) is 12.1 Å². The standard InChI is InChI=1S/C32H32N2O4Si.C2HF3O2/c35-31(36)21-6-9-24(32(37)38)27(18-21)30-25-10-7-22(33-12-4-13-33)19-28(25)39(16-2-1-3-17-39)29-20-23(8-11-26(29)30)34-14-5-15-34;3-2(4,5)1(6)7/h6-11,18-20H,1-5,12-17H2,(H-,35,36,37,38);(H,6,7). The highest BCUT2D eigenvalue weighted by Crippen LogP contribution is 2.48. The molecule has 4 heterocycles. The Morgan fingerprint density at radius 1 is 0.848 bits per heavy atom. The Kier molecular flexibility index (Phi) is 8.26. The van der Waals surface area contributed by atoms with Gasteiger partial charge in [0, 0.05) is 30.9 Å². The van der Waals surface area contributed by atoms with E-state index in [4.69, 9.17) is 9.90 Å². The van der Waals surface area contributed by atoms with Crippen molar-refractivity contribution >= 4 is 48.1 Å². The lowest BCUT2D eigenvalue weighted by Crippen LogP contribution is -2.56. The van der Waals surface area contributed by atoms with Crippen molar-refractivity contribution in [1.29, 1.82) is 0 Å². The Morgan fingerprint density at radius 3 is 2.09 bits per heavy atom. The first-order chi connectivity index (χ1) is 21.9. The second-order valence-corrected chi connectivity index (χ2v) is 16.6. The maximum Gasteiger partial charge on any atom is 0.430 e. The van der Waals surface area contributed by atoms with Gasteiger partial charge in [-0.2, -0.15) is 13.2 Å². The average Bonchev–Trinajstić information content (AvgIpc) is 2.96. The number of aliphatic carboxylic acids is 1. The monoisotopic (exact) mass is 650 g/mol. The molecule has 0 amide bonds. The lowest BCUT2D eigenvalue weighted by atomic mass is 9.86. The largest absolute Gasteiger partial charge is 0.542 e. The van der Waals surface area contributed by atoms with E-state index < -0.39 is 32.2 Å². The van der Waals surface area contributed by atoms with Crippen molar-refractivity contribution in [1.82, 2.24) is 0 Å². The van der Waals surface area contributed by atoms with Crippen LogP contribution in [0.3, 0.4) is 0 Å². The van der Waals surface area contributed by atoms with Crippen molar-refractivity contribution in [3.63, 3.8) is 0 Å². The number of rotatable bonds is 4. The zero-order chi connectivity index (χ0) is 32.8. The van der Waals surface area contributed by atoms with Crippen LogP contribution in [0.15, 0.2) is 65.4 Å². The van der Waals surface area contributed by atoms with Gasteiger partial charge in [-0.1, -0.05) is 25.3 Å². The summed E-state index contributed by atoms with van der Waals surface area (Å²) in [6.45, 7) is 4.29. The van der Waals surface area contributed by atoms with Crippen LogP contribution in [0.25, 0.3) is 5.57 Å². The minimum absolute atomic E-state index is 0.107. The highest BCUT2D eigenvalue weighted by molar-refractivity contribution is 7.00. The fourth-order valence-electron chi connectivity index (χ4n) is 7.18. The minimum Gasteiger partial charge on any atom is -0.542 e. The van der Waals surface area contributed by atoms with Gasteiger partial charge in [0.05, 0.1) is 17.5 Å². The topological polar surface area (TPSA) is 121 Å². The molecular formula is C34H33F3N2O6Si. The zero-order valence-electron chi connectivity index (χ0n) is 25.0. The number of aromatic carboxylic acids is 2. The maximum absolute atomic E-state index is 12.5. The van der Waals surface area contributed by atoms with E-state index in [9.17, 15) is 33.0 Å². The number of carbonyl (C=O) groups is 3. The molecule has 0 radical (unpaired) electrons. The van der Waals surface area contributed by atoms with Gasteiger partial charge in [0.1, 0.15) is 27.1 Å².